The van der Waals surface area contributed by atoms with Gasteiger partial charge >= 0.3 is 18.0 Å². The van der Waals surface area contributed by atoms with Crippen LogP contribution in [0.25, 0.3) is 11.1 Å². The average Bonchev–Trinajstić information content (AvgIpc) is 3.39. The van der Waals surface area contributed by atoms with E-state index in [1.807, 2.05) is 53.8 Å². The smallest absolute Gasteiger partial charge is 0.408 e. The number of ether oxygens (including phenoxy) is 1. The van der Waals surface area contributed by atoms with E-state index in [4.69, 9.17) is 9.84 Å². The van der Waals surface area contributed by atoms with Crippen LogP contribution >= 0.6 is 0 Å². The monoisotopic (exact) mass is 458 g/mol. The number of carboxylic acid groups (broad SMARTS) is 1. The molecule has 2 aromatic rings. The van der Waals surface area contributed by atoms with Gasteiger partial charge in [0.05, 0.1) is 6.54 Å². The second kappa shape index (κ2) is 8.80. The average molecular weight is 458 g/mol. The summed E-state index contributed by atoms with van der Waals surface area (Å²) in [4.78, 5) is 35.9. The van der Waals surface area contributed by atoms with Crippen LogP contribution < -0.4 is 10.6 Å². The number of halogens is 2. The van der Waals surface area contributed by atoms with E-state index in [1.165, 1.54) is 0 Å². The first-order chi connectivity index (χ1) is 15.7. The lowest BCUT2D eigenvalue weighted by Gasteiger charge is -2.29. The molecule has 0 radical (unpaired) electrons. The molecule has 33 heavy (non-hydrogen) atoms. The number of fused-ring (bicyclic) bond motifs is 3. The van der Waals surface area contributed by atoms with Crippen LogP contribution in [0, 0.1) is 0 Å². The first-order valence-electron chi connectivity index (χ1n) is 10.8. The number of benzene rings is 2. The van der Waals surface area contributed by atoms with Crippen molar-refractivity contribution in [2.24, 2.45) is 0 Å². The van der Waals surface area contributed by atoms with Crippen LogP contribution in [-0.2, 0) is 14.3 Å². The maximum absolute atomic E-state index is 13.4. The molecule has 2 aliphatic carbocycles. The Kier molecular flexibility index (Phi) is 6.05. The molecule has 0 saturated heterocycles. The molecule has 174 valence electrons. The SMILES string of the molecule is O=C(NC1(C(=O)NCC(F)(F)C(=O)O)CCCC1)OCC1c2ccccc2-c2ccccc21. The third-order valence-electron chi connectivity index (χ3n) is 6.36. The van der Waals surface area contributed by atoms with Gasteiger partial charge in [0.2, 0.25) is 5.91 Å². The lowest BCUT2D eigenvalue weighted by molar-refractivity contribution is -0.164. The Morgan fingerprint density at radius 1 is 1.00 bits per heavy atom. The van der Waals surface area contributed by atoms with Gasteiger partial charge in [-0.2, -0.15) is 8.78 Å². The number of alkyl halides is 2. The van der Waals surface area contributed by atoms with Gasteiger partial charge in [-0.3, -0.25) is 4.79 Å². The van der Waals surface area contributed by atoms with E-state index in [0.29, 0.717) is 12.8 Å². The van der Waals surface area contributed by atoms with E-state index < -0.39 is 36.0 Å². The molecule has 1 fully saturated rings. The van der Waals surface area contributed by atoms with Crippen molar-refractivity contribution in [3.63, 3.8) is 0 Å². The van der Waals surface area contributed by atoms with Crippen molar-refractivity contribution in [1.29, 1.82) is 0 Å². The number of hydrogen-bond donors (Lipinski definition) is 3. The summed E-state index contributed by atoms with van der Waals surface area (Å²) in [5.41, 5.74) is 2.82. The van der Waals surface area contributed by atoms with E-state index in [1.54, 1.807) is 0 Å². The minimum atomic E-state index is -4.10. The quantitative estimate of drug-likeness (QED) is 0.587. The van der Waals surface area contributed by atoms with Crippen LogP contribution in [0.4, 0.5) is 13.6 Å². The minimum Gasteiger partial charge on any atom is -0.477 e. The van der Waals surface area contributed by atoms with Crippen LogP contribution in [0.2, 0.25) is 0 Å². The minimum absolute atomic E-state index is 0.0502. The predicted octanol–water partition coefficient (Wildman–Crippen LogP) is 3.67. The highest BCUT2D eigenvalue weighted by atomic mass is 19.3. The molecule has 9 heteroatoms. The number of carbonyl (C=O) groups is 3. The van der Waals surface area contributed by atoms with Crippen molar-refractivity contribution in [2.75, 3.05) is 13.2 Å². The number of carbonyl (C=O) groups excluding carboxylic acids is 2. The zero-order valence-corrected chi connectivity index (χ0v) is 17.8. The molecule has 0 atom stereocenters. The fourth-order valence-corrected chi connectivity index (χ4v) is 4.65. The van der Waals surface area contributed by atoms with Gasteiger partial charge in [0.15, 0.2) is 0 Å². The number of nitrogens with one attached hydrogen (secondary N) is 2. The number of carboxylic acids is 1. The van der Waals surface area contributed by atoms with Gasteiger partial charge in [-0.25, -0.2) is 9.59 Å². The Bertz CT molecular complexity index is 1040. The van der Waals surface area contributed by atoms with E-state index in [-0.39, 0.29) is 25.4 Å². The second-order valence-corrected chi connectivity index (χ2v) is 8.43. The fourth-order valence-electron chi connectivity index (χ4n) is 4.65. The van der Waals surface area contributed by atoms with Crippen LogP contribution in [-0.4, -0.2) is 47.7 Å². The number of rotatable bonds is 7. The highest BCUT2D eigenvalue weighted by molar-refractivity contribution is 5.91. The van der Waals surface area contributed by atoms with Gasteiger partial charge in [0, 0.05) is 5.92 Å². The summed E-state index contributed by atoms with van der Waals surface area (Å²) in [5.74, 6) is -7.42. The fraction of sp³-hybridized carbons (Fsp3) is 0.375. The molecule has 3 N–H and O–H groups in total. The normalized spacial score (nSPS) is 16.5. The largest absolute Gasteiger partial charge is 0.477 e. The van der Waals surface area contributed by atoms with Crippen LogP contribution in [0.3, 0.4) is 0 Å². The number of aliphatic carboxylic acids is 1. The zero-order chi connectivity index (χ0) is 23.6. The molecule has 0 unspecified atom stereocenters. The van der Waals surface area contributed by atoms with Crippen molar-refractivity contribution in [2.45, 2.75) is 43.1 Å². The van der Waals surface area contributed by atoms with Gasteiger partial charge in [-0.15, -0.1) is 0 Å². The molecule has 0 bridgehead atoms. The molecule has 2 aromatic carbocycles. The molecule has 7 nitrogen and oxygen atoms in total. The molecule has 4 rings (SSSR count). The molecule has 2 amide bonds. The van der Waals surface area contributed by atoms with Crippen molar-refractivity contribution in [3.05, 3.63) is 59.7 Å². The van der Waals surface area contributed by atoms with Gasteiger partial charge in [-0.05, 0) is 35.1 Å². The Morgan fingerprint density at radius 2 is 1.55 bits per heavy atom. The molecule has 0 aliphatic heterocycles. The first-order valence-corrected chi connectivity index (χ1v) is 10.8. The van der Waals surface area contributed by atoms with E-state index >= 15 is 0 Å². The number of alkyl carbamates (subject to hydrolysis) is 1. The van der Waals surface area contributed by atoms with Crippen LogP contribution in [0.1, 0.15) is 42.7 Å². The molecule has 0 heterocycles. The lowest BCUT2D eigenvalue weighted by Crippen LogP contribution is -2.59. The molecule has 2 aliphatic rings. The Hall–Kier alpha value is -3.49. The summed E-state index contributed by atoms with van der Waals surface area (Å²) in [6, 6.07) is 15.7. The Balaban J connectivity index is 1.42. The maximum atomic E-state index is 13.4. The van der Waals surface area contributed by atoms with Crippen LogP contribution in [0.15, 0.2) is 48.5 Å². The van der Waals surface area contributed by atoms with Gasteiger partial charge < -0.3 is 20.5 Å². The Labute approximate surface area is 189 Å². The predicted molar refractivity (Wildman–Crippen MR) is 115 cm³/mol. The standard InChI is InChI=1S/C24H24F2N2O5/c25-24(26,21(30)31)14-27-20(29)23(11-5-6-12-23)28-22(32)33-13-19-17-9-3-1-7-15(17)16-8-2-4-10-18(16)19/h1-4,7-10,19H,5-6,11-14H2,(H,27,29)(H,28,32)(H,30,31). The molecular formula is C24H24F2N2O5. The summed E-state index contributed by atoms with van der Waals surface area (Å²) >= 11 is 0. The Morgan fingerprint density at radius 3 is 2.09 bits per heavy atom. The van der Waals surface area contributed by atoms with E-state index in [0.717, 1.165) is 22.3 Å². The molecular weight excluding hydrogens is 434 g/mol. The van der Waals surface area contributed by atoms with E-state index in [9.17, 15) is 23.2 Å². The summed E-state index contributed by atoms with van der Waals surface area (Å²) in [5, 5.41) is 13.1. The number of hydrogen-bond acceptors (Lipinski definition) is 4. The first kappa shape index (κ1) is 22.7. The summed E-state index contributed by atoms with van der Waals surface area (Å²) in [7, 11) is 0. The highest BCUT2D eigenvalue weighted by Gasteiger charge is 2.46. The molecule has 1 saturated carbocycles. The summed E-state index contributed by atoms with van der Waals surface area (Å²) in [6.07, 6.45) is 0.918. The lowest BCUT2D eigenvalue weighted by atomic mass is 9.96. The second-order valence-electron chi connectivity index (χ2n) is 8.43. The van der Waals surface area contributed by atoms with Crippen molar-refractivity contribution in [3.8, 4) is 11.1 Å². The summed E-state index contributed by atoms with van der Waals surface area (Å²) < 4.78 is 32.3. The topological polar surface area (TPSA) is 105 Å². The maximum Gasteiger partial charge on any atom is 0.408 e. The van der Waals surface area contributed by atoms with Crippen molar-refractivity contribution >= 4 is 18.0 Å². The molecule has 0 spiro atoms. The van der Waals surface area contributed by atoms with Crippen LogP contribution in [0.5, 0.6) is 0 Å². The zero-order valence-electron chi connectivity index (χ0n) is 17.8. The molecule has 0 aromatic heterocycles. The third-order valence-corrected chi connectivity index (χ3v) is 6.36. The highest BCUT2D eigenvalue weighted by Crippen LogP contribution is 2.44. The van der Waals surface area contributed by atoms with Gasteiger partial charge in [-0.1, -0.05) is 61.4 Å². The van der Waals surface area contributed by atoms with Gasteiger partial charge in [0.1, 0.15) is 12.1 Å². The van der Waals surface area contributed by atoms with Gasteiger partial charge in [0.25, 0.3) is 0 Å². The summed E-state index contributed by atoms with van der Waals surface area (Å²) in [6.45, 7) is -1.30. The van der Waals surface area contributed by atoms with Crippen molar-refractivity contribution < 1.29 is 33.0 Å². The number of amides is 2. The van der Waals surface area contributed by atoms with E-state index in [2.05, 4.69) is 5.32 Å². The third kappa shape index (κ3) is 4.40. The van der Waals surface area contributed by atoms with Crippen molar-refractivity contribution in [1.82, 2.24) is 10.6 Å².